The van der Waals surface area contributed by atoms with E-state index in [1.807, 2.05) is 37.3 Å². The van der Waals surface area contributed by atoms with Crippen LogP contribution in [0.15, 0.2) is 30.3 Å². The van der Waals surface area contributed by atoms with E-state index in [9.17, 15) is 0 Å². The van der Waals surface area contributed by atoms with Gasteiger partial charge < -0.3 is 10.5 Å². The number of thiophene rings is 1. The molecule has 0 bridgehead atoms. The average molecular weight is 268 g/mol. The van der Waals surface area contributed by atoms with Gasteiger partial charge in [-0.25, -0.2) is 0 Å². The van der Waals surface area contributed by atoms with Gasteiger partial charge in [-0.05, 0) is 36.8 Å². The monoisotopic (exact) mass is 267 g/mol. The van der Waals surface area contributed by atoms with Gasteiger partial charge in [-0.15, -0.1) is 11.3 Å². The molecule has 0 amide bonds. The van der Waals surface area contributed by atoms with Crippen LogP contribution in [0.2, 0.25) is 5.02 Å². The third-order valence-electron chi connectivity index (χ3n) is 2.38. The predicted molar refractivity (Wildman–Crippen MR) is 72.7 cm³/mol. The number of nitrogens with two attached hydrogens (primary N) is 1. The van der Waals surface area contributed by atoms with E-state index in [0.717, 1.165) is 16.2 Å². The smallest absolute Gasteiger partial charge is 0.138 e. The van der Waals surface area contributed by atoms with Gasteiger partial charge in [0.25, 0.3) is 0 Å². The molecule has 2 rings (SSSR count). The van der Waals surface area contributed by atoms with Crippen LogP contribution in [0.5, 0.6) is 5.75 Å². The Morgan fingerprint density at radius 1 is 1.24 bits per heavy atom. The van der Waals surface area contributed by atoms with Gasteiger partial charge >= 0.3 is 0 Å². The average Bonchev–Trinajstić information content (AvgIpc) is 2.76. The maximum absolute atomic E-state index is 6.09. The maximum Gasteiger partial charge on any atom is 0.138 e. The van der Waals surface area contributed by atoms with E-state index in [4.69, 9.17) is 22.1 Å². The zero-order valence-corrected chi connectivity index (χ0v) is 11.1. The number of benzene rings is 1. The normalized spacial score (nSPS) is 10.5. The first-order valence-corrected chi connectivity index (χ1v) is 6.55. The molecule has 0 saturated heterocycles. The summed E-state index contributed by atoms with van der Waals surface area (Å²) >= 11 is 7.75. The lowest BCUT2D eigenvalue weighted by molar-refractivity contribution is 0.310. The van der Waals surface area contributed by atoms with Crippen molar-refractivity contribution < 1.29 is 4.74 Å². The van der Waals surface area contributed by atoms with E-state index in [0.29, 0.717) is 18.2 Å². The fourth-order valence-electron chi connectivity index (χ4n) is 1.48. The van der Waals surface area contributed by atoms with Crippen molar-refractivity contribution in [2.24, 2.45) is 5.73 Å². The number of ether oxygens (including phenoxy) is 1. The Kier molecular flexibility index (Phi) is 4.05. The molecule has 0 radical (unpaired) electrons. The molecule has 90 valence electrons. The van der Waals surface area contributed by atoms with E-state index in [-0.39, 0.29) is 0 Å². The van der Waals surface area contributed by atoms with Crippen molar-refractivity contribution in [3.05, 3.63) is 50.7 Å². The highest BCUT2D eigenvalue weighted by molar-refractivity contribution is 7.11. The standard InChI is InChI=1S/C13H14ClNOS/c1-9-2-5-13(12(14)6-9)16-8-11-4-3-10(7-15)17-11/h2-6H,7-8,15H2,1H3. The molecule has 0 fully saturated rings. The fourth-order valence-corrected chi connectivity index (χ4v) is 2.58. The van der Waals surface area contributed by atoms with Crippen LogP contribution in [-0.4, -0.2) is 0 Å². The zero-order valence-electron chi connectivity index (χ0n) is 9.57. The van der Waals surface area contributed by atoms with Crippen molar-refractivity contribution in [1.82, 2.24) is 0 Å². The molecule has 0 unspecified atom stereocenters. The lowest BCUT2D eigenvalue weighted by atomic mass is 10.2. The second-order valence-electron chi connectivity index (χ2n) is 3.79. The second-order valence-corrected chi connectivity index (χ2v) is 5.45. The summed E-state index contributed by atoms with van der Waals surface area (Å²) < 4.78 is 5.67. The van der Waals surface area contributed by atoms with Gasteiger partial charge in [0.15, 0.2) is 0 Å². The molecule has 0 atom stereocenters. The Balaban J connectivity index is 2.02. The molecule has 1 aromatic heterocycles. The van der Waals surface area contributed by atoms with Gasteiger partial charge in [0, 0.05) is 16.3 Å². The molecule has 0 aliphatic carbocycles. The Morgan fingerprint density at radius 3 is 2.65 bits per heavy atom. The molecule has 1 aromatic carbocycles. The van der Waals surface area contributed by atoms with Crippen molar-refractivity contribution in [2.75, 3.05) is 0 Å². The van der Waals surface area contributed by atoms with Crippen LogP contribution in [0.4, 0.5) is 0 Å². The first-order valence-electron chi connectivity index (χ1n) is 5.35. The van der Waals surface area contributed by atoms with Crippen LogP contribution < -0.4 is 10.5 Å². The Hall–Kier alpha value is -1.03. The first-order chi connectivity index (χ1) is 8.19. The summed E-state index contributed by atoms with van der Waals surface area (Å²) in [6.07, 6.45) is 0. The molecule has 0 spiro atoms. The maximum atomic E-state index is 6.09. The molecule has 0 aliphatic heterocycles. The summed E-state index contributed by atoms with van der Waals surface area (Å²) in [5.41, 5.74) is 6.69. The van der Waals surface area contributed by atoms with Crippen LogP contribution in [0.25, 0.3) is 0 Å². The Labute approximate surface area is 110 Å². The molecule has 2 aromatic rings. The molecule has 1 heterocycles. The molecule has 4 heteroatoms. The lowest BCUT2D eigenvalue weighted by Gasteiger charge is -2.07. The van der Waals surface area contributed by atoms with Crippen molar-refractivity contribution >= 4 is 22.9 Å². The largest absolute Gasteiger partial charge is 0.487 e. The van der Waals surface area contributed by atoms with Crippen LogP contribution in [0.3, 0.4) is 0 Å². The minimum Gasteiger partial charge on any atom is -0.487 e. The van der Waals surface area contributed by atoms with Gasteiger partial charge in [-0.3, -0.25) is 0 Å². The topological polar surface area (TPSA) is 35.2 Å². The summed E-state index contributed by atoms with van der Waals surface area (Å²) in [5, 5.41) is 0.653. The molecule has 17 heavy (non-hydrogen) atoms. The van der Waals surface area contributed by atoms with E-state index < -0.39 is 0 Å². The van der Waals surface area contributed by atoms with E-state index >= 15 is 0 Å². The lowest BCUT2D eigenvalue weighted by Crippen LogP contribution is -1.94. The van der Waals surface area contributed by atoms with Crippen LogP contribution in [0.1, 0.15) is 15.3 Å². The number of halogens is 1. The summed E-state index contributed by atoms with van der Waals surface area (Å²) in [6, 6.07) is 9.85. The molecular formula is C13H14ClNOS. The van der Waals surface area contributed by atoms with Gasteiger partial charge in [0.05, 0.1) is 5.02 Å². The molecule has 2 N–H and O–H groups in total. The third-order valence-corrected chi connectivity index (χ3v) is 3.75. The predicted octanol–water partition coefficient (Wildman–Crippen LogP) is 3.75. The Morgan fingerprint density at radius 2 is 2.00 bits per heavy atom. The van der Waals surface area contributed by atoms with Gasteiger partial charge in [-0.1, -0.05) is 17.7 Å². The van der Waals surface area contributed by atoms with Crippen LogP contribution in [-0.2, 0) is 13.2 Å². The SMILES string of the molecule is Cc1ccc(OCc2ccc(CN)s2)c(Cl)c1. The number of hydrogen-bond donors (Lipinski definition) is 1. The third kappa shape index (κ3) is 3.22. The number of aryl methyl sites for hydroxylation is 1. The molecule has 0 aliphatic rings. The van der Waals surface area contributed by atoms with Crippen molar-refractivity contribution in [1.29, 1.82) is 0 Å². The summed E-state index contributed by atoms with van der Waals surface area (Å²) in [5.74, 6) is 0.722. The summed E-state index contributed by atoms with van der Waals surface area (Å²) in [4.78, 5) is 2.32. The van der Waals surface area contributed by atoms with Crippen molar-refractivity contribution in [3.63, 3.8) is 0 Å². The summed E-state index contributed by atoms with van der Waals surface area (Å²) in [6.45, 7) is 3.12. The number of rotatable bonds is 4. The van der Waals surface area contributed by atoms with Crippen molar-refractivity contribution in [2.45, 2.75) is 20.1 Å². The minimum atomic E-state index is 0.535. The van der Waals surface area contributed by atoms with Gasteiger partial charge in [0.1, 0.15) is 12.4 Å². The van der Waals surface area contributed by atoms with E-state index in [1.54, 1.807) is 11.3 Å². The highest BCUT2D eigenvalue weighted by atomic mass is 35.5. The highest BCUT2D eigenvalue weighted by Crippen LogP contribution is 2.27. The van der Waals surface area contributed by atoms with Gasteiger partial charge in [-0.2, -0.15) is 0 Å². The number of hydrogen-bond acceptors (Lipinski definition) is 3. The fraction of sp³-hybridized carbons (Fsp3) is 0.231. The highest BCUT2D eigenvalue weighted by Gasteiger charge is 2.03. The van der Waals surface area contributed by atoms with Crippen LogP contribution in [0, 0.1) is 6.92 Å². The second kappa shape index (κ2) is 5.54. The molecule has 0 saturated carbocycles. The zero-order chi connectivity index (χ0) is 12.3. The first kappa shape index (κ1) is 12.4. The van der Waals surface area contributed by atoms with E-state index in [1.165, 1.54) is 4.88 Å². The molecule has 2 nitrogen and oxygen atoms in total. The van der Waals surface area contributed by atoms with E-state index in [2.05, 4.69) is 0 Å². The van der Waals surface area contributed by atoms with Crippen LogP contribution >= 0.6 is 22.9 Å². The minimum absolute atomic E-state index is 0.535. The summed E-state index contributed by atoms with van der Waals surface area (Å²) in [7, 11) is 0. The van der Waals surface area contributed by atoms with Gasteiger partial charge in [0.2, 0.25) is 0 Å². The Bertz CT molecular complexity index is 510. The molecular weight excluding hydrogens is 254 g/mol. The van der Waals surface area contributed by atoms with Crippen molar-refractivity contribution in [3.8, 4) is 5.75 Å². The quantitative estimate of drug-likeness (QED) is 0.916.